The molecule has 148 valence electrons. The molecule has 2 aliphatic heterocycles. The highest BCUT2D eigenvalue weighted by atomic mass is 16.6. The Morgan fingerprint density at radius 3 is 2.43 bits per heavy atom. The van der Waals surface area contributed by atoms with E-state index >= 15 is 0 Å². The van der Waals surface area contributed by atoms with Crippen LogP contribution < -0.4 is 4.90 Å². The van der Waals surface area contributed by atoms with Crippen LogP contribution in [0.25, 0.3) is 11.3 Å². The predicted octanol–water partition coefficient (Wildman–Crippen LogP) is 3.21. The van der Waals surface area contributed by atoms with Crippen LogP contribution in [0.5, 0.6) is 0 Å². The van der Waals surface area contributed by atoms with E-state index in [2.05, 4.69) is 14.8 Å². The number of hydrogen-bond donors (Lipinski definition) is 0. The van der Waals surface area contributed by atoms with Crippen molar-refractivity contribution >= 4 is 11.5 Å². The second-order valence-corrected chi connectivity index (χ2v) is 7.50. The Bertz CT molecular complexity index is 801. The van der Waals surface area contributed by atoms with Crippen LogP contribution in [0.4, 0.5) is 11.5 Å². The first-order valence-corrected chi connectivity index (χ1v) is 9.96. The van der Waals surface area contributed by atoms with Gasteiger partial charge in [0, 0.05) is 44.4 Å². The molecule has 7 nitrogen and oxygen atoms in total. The van der Waals surface area contributed by atoms with E-state index in [4.69, 9.17) is 4.74 Å². The quantitative estimate of drug-likeness (QED) is 0.584. The topological polar surface area (TPSA) is 71.7 Å². The maximum Gasteiger partial charge on any atom is 0.295 e. The maximum atomic E-state index is 11.5. The zero-order chi connectivity index (χ0) is 19.3. The number of ether oxygens (including phenoxy) is 1. The van der Waals surface area contributed by atoms with Crippen molar-refractivity contribution < 1.29 is 9.66 Å². The molecule has 0 N–H and O–H groups in total. The fraction of sp³-hybridized carbons (Fsp3) is 0.476. The van der Waals surface area contributed by atoms with Crippen LogP contribution in [-0.4, -0.2) is 60.7 Å². The fourth-order valence-electron chi connectivity index (χ4n) is 4.07. The number of piperidine rings is 1. The predicted molar refractivity (Wildman–Crippen MR) is 109 cm³/mol. The van der Waals surface area contributed by atoms with Crippen molar-refractivity contribution in [3.63, 3.8) is 0 Å². The third-order valence-electron chi connectivity index (χ3n) is 5.66. The van der Waals surface area contributed by atoms with Crippen molar-refractivity contribution in [3.8, 4) is 11.3 Å². The molecule has 0 saturated carbocycles. The number of benzene rings is 1. The van der Waals surface area contributed by atoms with Crippen LogP contribution in [0.3, 0.4) is 0 Å². The monoisotopic (exact) mass is 382 g/mol. The Morgan fingerprint density at radius 2 is 1.75 bits per heavy atom. The highest BCUT2D eigenvalue weighted by Crippen LogP contribution is 2.31. The minimum atomic E-state index is -0.353. The highest BCUT2D eigenvalue weighted by molar-refractivity contribution is 5.71. The van der Waals surface area contributed by atoms with Gasteiger partial charge in [0.25, 0.3) is 5.69 Å². The van der Waals surface area contributed by atoms with Gasteiger partial charge in [0.2, 0.25) is 0 Å². The summed E-state index contributed by atoms with van der Waals surface area (Å²) < 4.78 is 5.43. The SMILES string of the molecule is O=[N+]([O-])c1ccc(N2CCC(CN3CCOCC3)CC2)nc1-c1ccccc1. The Morgan fingerprint density at radius 1 is 1.04 bits per heavy atom. The van der Waals surface area contributed by atoms with E-state index in [-0.39, 0.29) is 10.6 Å². The zero-order valence-corrected chi connectivity index (χ0v) is 16.0. The zero-order valence-electron chi connectivity index (χ0n) is 16.0. The first kappa shape index (κ1) is 18.8. The first-order valence-electron chi connectivity index (χ1n) is 9.96. The standard InChI is InChI=1S/C21H26N4O3/c26-25(27)19-6-7-20(22-21(19)18-4-2-1-3-5-18)24-10-8-17(9-11-24)16-23-12-14-28-15-13-23/h1-7,17H,8-16H2. The second kappa shape index (κ2) is 8.67. The molecule has 1 aromatic heterocycles. The number of nitrogens with zero attached hydrogens (tertiary/aromatic N) is 4. The molecule has 2 aromatic rings. The molecule has 0 radical (unpaired) electrons. The molecule has 2 fully saturated rings. The molecule has 0 unspecified atom stereocenters. The van der Waals surface area contributed by atoms with Crippen molar-refractivity contribution in [3.05, 3.63) is 52.6 Å². The summed E-state index contributed by atoms with van der Waals surface area (Å²) in [5.41, 5.74) is 1.27. The van der Waals surface area contributed by atoms with Crippen LogP contribution in [0, 0.1) is 16.0 Å². The van der Waals surface area contributed by atoms with Crippen molar-refractivity contribution in [2.45, 2.75) is 12.8 Å². The Labute approximate surface area is 165 Å². The molecule has 28 heavy (non-hydrogen) atoms. The summed E-state index contributed by atoms with van der Waals surface area (Å²) in [6, 6.07) is 12.8. The minimum Gasteiger partial charge on any atom is -0.379 e. The molecule has 0 amide bonds. The number of anilines is 1. The van der Waals surface area contributed by atoms with E-state index in [0.29, 0.717) is 11.6 Å². The molecule has 0 atom stereocenters. The lowest BCUT2D eigenvalue weighted by Crippen LogP contribution is -2.43. The van der Waals surface area contributed by atoms with Gasteiger partial charge in [-0.2, -0.15) is 0 Å². The molecule has 0 aliphatic carbocycles. The van der Waals surface area contributed by atoms with Crippen LogP contribution >= 0.6 is 0 Å². The molecule has 4 rings (SSSR count). The lowest BCUT2D eigenvalue weighted by atomic mass is 9.96. The fourth-order valence-corrected chi connectivity index (χ4v) is 4.07. The van der Waals surface area contributed by atoms with E-state index in [1.54, 1.807) is 12.1 Å². The van der Waals surface area contributed by atoms with Crippen molar-refractivity contribution in [1.29, 1.82) is 0 Å². The minimum absolute atomic E-state index is 0.0529. The number of rotatable bonds is 5. The molecular formula is C21H26N4O3. The van der Waals surface area contributed by atoms with Crippen LogP contribution in [0.1, 0.15) is 12.8 Å². The van der Waals surface area contributed by atoms with Crippen LogP contribution in [0.15, 0.2) is 42.5 Å². The average Bonchev–Trinajstić information content (AvgIpc) is 2.75. The average molecular weight is 382 g/mol. The molecule has 7 heteroatoms. The third-order valence-corrected chi connectivity index (χ3v) is 5.66. The lowest BCUT2D eigenvalue weighted by Gasteiger charge is -2.36. The largest absolute Gasteiger partial charge is 0.379 e. The molecule has 1 aromatic carbocycles. The summed E-state index contributed by atoms with van der Waals surface area (Å²) in [5.74, 6) is 1.52. The van der Waals surface area contributed by atoms with Gasteiger partial charge in [-0.25, -0.2) is 4.98 Å². The molecular weight excluding hydrogens is 356 g/mol. The summed E-state index contributed by atoms with van der Waals surface area (Å²) in [5, 5.41) is 11.5. The van der Waals surface area contributed by atoms with Gasteiger partial charge in [-0.15, -0.1) is 0 Å². The molecule has 3 heterocycles. The van der Waals surface area contributed by atoms with Gasteiger partial charge in [0.1, 0.15) is 5.82 Å². The summed E-state index contributed by atoms with van der Waals surface area (Å²) in [6.45, 7) is 6.76. The molecule has 2 saturated heterocycles. The number of morpholine rings is 1. The lowest BCUT2D eigenvalue weighted by molar-refractivity contribution is -0.384. The van der Waals surface area contributed by atoms with Gasteiger partial charge in [-0.05, 0) is 24.8 Å². The molecule has 0 bridgehead atoms. The van der Waals surface area contributed by atoms with Crippen molar-refractivity contribution in [1.82, 2.24) is 9.88 Å². The first-order chi connectivity index (χ1) is 13.7. The van der Waals surface area contributed by atoms with Gasteiger partial charge in [-0.3, -0.25) is 15.0 Å². The maximum absolute atomic E-state index is 11.5. The summed E-state index contributed by atoms with van der Waals surface area (Å²) in [7, 11) is 0. The van der Waals surface area contributed by atoms with Gasteiger partial charge >= 0.3 is 0 Å². The number of aromatic nitrogens is 1. The van der Waals surface area contributed by atoms with Gasteiger partial charge in [-0.1, -0.05) is 30.3 Å². The van der Waals surface area contributed by atoms with Crippen LogP contribution in [-0.2, 0) is 4.74 Å². The Hall–Kier alpha value is -2.51. The van der Waals surface area contributed by atoms with E-state index in [0.717, 1.165) is 70.2 Å². The van der Waals surface area contributed by atoms with E-state index in [1.807, 2.05) is 30.3 Å². The second-order valence-electron chi connectivity index (χ2n) is 7.50. The summed E-state index contributed by atoms with van der Waals surface area (Å²) >= 11 is 0. The van der Waals surface area contributed by atoms with Crippen molar-refractivity contribution in [2.24, 2.45) is 5.92 Å². The van der Waals surface area contributed by atoms with E-state index in [9.17, 15) is 10.1 Å². The normalized spacial score (nSPS) is 18.9. The summed E-state index contributed by atoms with van der Waals surface area (Å²) in [4.78, 5) is 20.5. The summed E-state index contributed by atoms with van der Waals surface area (Å²) in [6.07, 6.45) is 2.24. The van der Waals surface area contributed by atoms with Gasteiger partial charge in [0.15, 0.2) is 5.69 Å². The molecule has 2 aliphatic rings. The number of pyridine rings is 1. The third kappa shape index (κ3) is 4.31. The van der Waals surface area contributed by atoms with E-state index < -0.39 is 0 Å². The highest BCUT2D eigenvalue weighted by Gasteiger charge is 2.25. The Balaban J connectivity index is 1.45. The smallest absolute Gasteiger partial charge is 0.295 e. The van der Waals surface area contributed by atoms with Crippen LogP contribution in [0.2, 0.25) is 0 Å². The van der Waals surface area contributed by atoms with Gasteiger partial charge < -0.3 is 9.64 Å². The number of hydrogen-bond acceptors (Lipinski definition) is 6. The Kier molecular flexibility index (Phi) is 5.83. The number of nitro groups is 1. The van der Waals surface area contributed by atoms with E-state index in [1.165, 1.54) is 0 Å². The van der Waals surface area contributed by atoms with Gasteiger partial charge in [0.05, 0.1) is 18.1 Å². The van der Waals surface area contributed by atoms with Crippen molar-refractivity contribution in [2.75, 3.05) is 50.8 Å². The molecule has 0 spiro atoms.